The van der Waals surface area contributed by atoms with E-state index in [0.717, 1.165) is 40.1 Å². The second-order valence-electron chi connectivity index (χ2n) is 9.88. The molecule has 4 heterocycles. The van der Waals surface area contributed by atoms with E-state index in [1.807, 2.05) is 25.1 Å². The number of benzene rings is 1. The van der Waals surface area contributed by atoms with Crippen LogP contribution in [-0.2, 0) is 14.2 Å². The molecule has 1 unspecified atom stereocenters. The van der Waals surface area contributed by atoms with Crippen LogP contribution in [0.15, 0.2) is 30.5 Å². The highest BCUT2D eigenvalue weighted by molar-refractivity contribution is 5.90. The molecular formula is C27H33F3N4O5. The van der Waals surface area contributed by atoms with Crippen LogP contribution in [0.3, 0.4) is 0 Å². The summed E-state index contributed by atoms with van der Waals surface area (Å²) >= 11 is 0. The molecule has 2 amide bonds. The van der Waals surface area contributed by atoms with E-state index in [-0.39, 0.29) is 19.3 Å². The Balaban J connectivity index is 1.37. The van der Waals surface area contributed by atoms with Gasteiger partial charge in [-0.05, 0) is 36.2 Å². The molecular weight excluding hydrogens is 517 g/mol. The number of nitrogens with one attached hydrogen (secondary N) is 1. The van der Waals surface area contributed by atoms with Crippen molar-refractivity contribution >= 4 is 17.4 Å². The van der Waals surface area contributed by atoms with E-state index in [9.17, 15) is 18.0 Å². The summed E-state index contributed by atoms with van der Waals surface area (Å²) in [6, 6.07) is 6.85. The molecule has 0 radical (unpaired) electrons. The molecule has 0 saturated carbocycles. The Hall–Kier alpha value is -3.09. The maximum absolute atomic E-state index is 13.1. The van der Waals surface area contributed by atoms with Gasteiger partial charge in [0.15, 0.2) is 6.10 Å². The number of ether oxygens (including phenoxy) is 4. The van der Waals surface area contributed by atoms with E-state index in [1.165, 1.54) is 0 Å². The van der Waals surface area contributed by atoms with Crippen LogP contribution in [0, 0.1) is 6.92 Å². The number of carbonyl (C=O) groups excluding carboxylic acids is 1. The Bertz CT molecular complexity index is 1150. The van der Waals surface area contributed by atoms with Crippen LogP contribution >= 0.6 is 0 Å². The fourth-order valence-corrected chi connectivity index (χ4v) is 4.91. The van der Waals surface area contributed by atoms with Gasteiger partial charge in [-0.25, -0.2) is 9.78 Å². The van der Waals surface area contributed by atoms with Crippen LogP contribution < -0.4 is 15.0 Å². The van der Waals surface area contributed by atoms with Gasteiger partial charge in [0.1, 0.15) is 11.8 Å². The predicted octanol–water partition coefficient (Wildman–Crippen LogP) is 4.25. The molecule has 3 aliphatic heterocycles. The molecule has 212 valence electrons. The number of aryl methyl sites for hydroxylation is 1. The number of carbonyl (C=O) groups is 1. The van der Waals surface area contributed by atoms with Gasteiger partial charge in [-0.2, -0.15) is 13.2 Å². The van der Waals surface area contributed by atoms with Gasteiger partial charge < -0.3 is 34.1 Å². The minimum absolute atomic E-state index is 0.0364. The van der Waals surface area contributed by atoms with Crippen LogP contribution in [0.25, 0.3) is 11.1 Å². The number of hydrogen-bond acceptors (Lipinski definition) is 7. The molecule has 2 aromatic rings. The molecule has 3 fully saturated rings. The van der Waals surface area contributed by atoms with Crippen LogP contribution in [0.4, 0.5) is 29.3 Å². The van der Waals surface area contributed by atoms with E-state index in [0.29, 0.717) is 51.1 Å². The predicted molar refractivity (Wildman–Crippen MR) is 138 cm³/mol. The fourth-order valence-electron chi connectivity index (χ4n) is 4.91. The summed E-state index contributed by atoms with van der Waals surface area (Å²) in [6.07, 6.45) is -3.12. The third kappa shape index (κ3) is 6.74. The van der Waals surface area contributed by atoms with E-state index in [2.05, 4.69) is 10.2 Å². The van der Waals surface area contributed by atoms with Gasteiger partial charge in [0, 0.05) is 49.9 Å². The first-order chi connectivity index (χ1) is 18.8. The van der Waals surface area contributed by atoms with Crippen molar-refractivity contribution in [2.24, 2.45) is 0 Å². The van der Waals surface area contributed by atoms with Crippen LogP contribution in [0.5, 0.6) is 5.88 Å². The summed E-state index contributed by atoms with van der Waals surface area (Å²) in [5, 5.41) is 2.74. The maximum Gasteiger partial charge on any atom is 0.416 e. The van der Waals surface area contributed by atoms with Gasteiger partial charge in [0.25, 0.3) is 0 Å². The second kappa shape index (κ2) is 12.0. The maximum atomic E-state index is 13.1. The van der Waals surface area contributed by atoms with Crippen molar-refractivity contribution in [2.45, 2.75) is 38.1 Å². The van der Waals surface area contributed by atoms with Crippen molar-refractivity contribution in [1.82, 2.24) is 9.88 Å². The topological polar surface area (TPSA) is 85.4 Å². The molecule has 1 aromatic heterocycles. The molecule has 39 heavy (non-hydrogen) atoms. The van der Waals surface area contributed by atoms with Crippen LogP contribution in [0.2, 0.25) is 0 Å². The lowest BCUT2D eigenvalue weighted by molar-refractivity contribution is -0.233. The molecule has 3 aliphatic rings. The standard InChI is InChI=1S/C27H33F3N4O5/c1-18-2-3-20(32-26(35)34-8-13-38-24(17-34)27(28,29)30)15-22(18)19-14-23(33-6-11-37-12-7-33)25(31-16-19)39-21-4-9-36-10-5-21/h2-3,14-16,21,24H,4-13,17H2,1H3,(H,32,35). The molecule has 1 N–H and O–H groups in total. The average Bonchev–Trinajstić information content (AvgIpc) is 2.95. The van der Waals surface area contributed by atoms with Gasteiger partial charge in [-0.1, -0.05) is 6.07 Å². The highest BCUT2D eigenvalue weighted by atomic mass is 19.4. The van der Waals surface area contributed by atoms with Gasteiger partial charge in [-0.3, -0.25) is 0 Å². The number of halogens is 3. The number of nitrogens with zero attached hydrogens (tertiary/aromatic N) is 3. The van der Waals surface area contributed by atoms with Crippen molar-refractivity contribution < 1.29 is 36.9 Å². The smallest absolute Gasteiger partial charge is 0.416 e. The molecule has 5 rings (SSSR count). The number of amides is 2. The number of rotatable bonds is 5. The first-order valence-corrected chi connectivity index (χ1v) is 13.2. The van der Waals surface area contributed by atoms with Crippen molar-refractivity contribution in [3.63, 3.8) is 0 Å². The van der Waals surface area contributed by atoms with E-state index in [1.54, 1.807) is 12.3 Å². The van der Waals surface area contributed by atoms with Gasteiger partial charge in [0.05, 0.1) is 39.6 Å². The third-order valence-electron chi connectivity index (χ3n) is 7.15. The number of urea groups is 1. The minimum Gasteiger partial charge on any atom is -0.473 e. The molecule has 3 saturated heterocycles. The van der Waals surface area contributed by atoms with Crippen molar-refractivity contribution in [3.8, 4) is 17.0 Å². The first-order valence-electron chi connectivity index (χ1n) is 13.2. The second-order valence-corrected chi connectivity index (χ2v) is 9.88. The van der Waals surface area contributed by atoms with Crippen molar-refractivity contribution in [3.05, 3.63) is 36.0 Å². The van der Waals surface area contributed by atoms with Crippen molar-refractivity contribution in [1.29, 1.82) is 0 Å². The Labute approximate surface area is 225 Å². The highest BCUT2D eigenvalue weighted by Crippen LogP contribution is 2.35. The molecule has 1 aromatic carbocycles. The summed E-state index contributed by atoms with van der Waals surface area (Å²) in [6.45, 7) is 5.28. The molecule has 12 heteroatoms. The summed E-state index contributed by atoms with van der Waals surface area (Å²) in [4.78, 5) is 20.8. The summed E-state index contributed by atoms with van der Waals surface area (Å²) in [5.74, 6) is 0.571. The Morgan fingerprint density at radius 2 is 1.79 bits per heavy atom. The number of aromatic nitrogens is 1. The Morgan fingerprint density at radius 3 is 2.54 bits per heavy atom. The Morgan fingerprint density at radius 1 is 1.05 bits per heavy atom. The minimum atomic E-state index is -4.53. The summed E-state index contributed by atoms with van der Waals surface area (Å²) in [5.41, 5.74) is 4.01. The molecule has 0 aliphatic carbocycles. The number of morpholine rings is 2. The Kier molecular flexibility index (Phi) is 8.43. The number of pyridine rings is 1. The van der Waals surface area contributed by atoms with Crippen molar-refractivity contribution in [2.75, 3.05) is 69.4 Å². The van der Waals surface area contributed by atoms with E-state index < -0.39 is 24.9 Å². The molecule has 9 nitrogen and oxygen atoms in total. The van der Waals surface area contributed by atoms with E-state index in [4.69, 9.17) is 23.9 Å². The number of anilines is 2. The van der Waals surface area contributed by atoms with Gasteiger partial charge >= 0.3 is 12.2 Å². The van der Waals surface area contributed by atoms with Crippen LogP contribution in [0.1, 0.15) is 18.4 Å². The van der Waals surface area contributed by atoms with Crippen LogP contribution in [-0.4, -0.2) is 93.5 Å². The first kappa shape index (κ1) is 27.5. The number of alkyl halides is 3. The largest absolute Gasteiger partial charge is 0.473 e. The fraction of sp³-hybridized carbons (Fsp3) is 0.556. The average molecular weight is 551 g/mol. The third-order valence-corrected chi connectivity index (χ3v) is 7.15. The zero-order valence-electron chi connectivity index (χ0n) is 21.8. The monoisotopic (exact) mass is 550 g/mol. The lowest BCUT2D eigenvalue weighted by atomic mass is 10.0. The molecule has 1 atom stereocenters. The number of hydrogen-bond donors (Lipinski definition) is 1. The summed E-state index contributed by atoms with van der Waals surface area (Å²) in [7, 11) is 0. The normalized spacial score (nSPS) is 21.1. The highest BCUT2D eigenvalue weighted by Gasteiger charge is 2.44. The molecule has 0 spiro atoms. The zero-order valence-corrected chi connectivity index (χ0v) is 21.8. The molecule has 0 bridgehead atoms. The van der Waals surface area contributed by atoms with Gasteiger partial charge in [-0.15, -0.1) is 0 Å². The lowest BCUT2D eigenvalue weighted by Crippen LogP contribution is -2.52. The van der Waals surface area contributed by atoms with Gasteiger partial charge in [0.2, 0.25) is 5.88 Å². The lowest BCUT2D eigenvalue weighted by Gasteiger charge is -2.33. The SMILES string of the molecule is Cc1ccc(NC(=O)N2CCOC(C(F)(F)F)C2)cc1-c1cnc(OC2CCOCC2)c(N2CCOCC2)c1. The summed E-state index contributed by atoms with van der Waals surface area (Å²) < 4.78 is 61.4. The zero-order chi connectivity index (χ0) is 27.4. The van der Waals surface area contributed by atoms with E-state index >= 15 is 0 Å². The quantitative estimate of drug-likeness (QED) is 0.596.